The lowest BCUT2D eigenvalue weighted by molar-refractivity contribution is 0.628. The first-order valence-electron chi connectivity index (χ1n) is 7.17. The Morgan fingerprint density at radius 3 is 2.76 bits per heavy atom. The molecule has 1 saturated carbocycles. The van der Waals surface area contributed by atoms with Crippen LogP contribution >= 0.6 is 0 Å². The molecule has 0 amide bonds. The molecule has 0 spiro atoms. The summed E-state index contributed by atoms with van der Waals surface area (Å²) in [6, 6.07) is 11.2. The number of hydrogen-bond acceptors (Lipinski definition) is 2. The van der Waals surface area contributed by atoms with E-state index in [9.17, 15) is 4.39 Å². The first-order chi connectivity index (χ1) is 10.1. The lowest BCUT2D eigenvalue weighted by atomic mass is 10.1. The number of aromatic nitrogens is 2. The molecule has 1 aromatic heterocycles. The molecule has 4 rings (SSSR count). The van der Waals surface area contributed by atoms with Crippen molar-refractivity contribution in [3.63, 3.8) is 0 Å². The van der Waals surface area contributed by atoms with Gasteiger partial charge in [-0.2, -0.15) is 0 Å². The fraction of sp³-hybridized carbons (Fsp3) is 0.235. The smallest absolute Gasteiger partial charge is 0.143 e. The fourth-order valence-corrected chi connectivity index (χ4v) is 2.82. The number of benzene rings is 2. The summed E-state index contributed by atoms with van der Waals surface area (Å²) < 4.78 is 15.8. The Hall–Kier alpha value is -2.36. The minimum absolute atomic E-state index is 0.287. The first kappa shape index (κ1) is 12.4. The van der Waals surface area contributed by atoms with Crippen LogP contribution in [-0.2, 0) is 0 Å². The molecule has 1 aliphatic carbocycles. The third kappa shape index (κ3) is 1.98. The van der Waals surface area contributed by atoms with Crippen molar-refractivity contribution in [2.24, 2.45) is 0 Å². The van der Waals surface area contributed by atoms with E-state index in [0.717, 1.165) is 29.7 Å². The molecule has 0 saturated heterocycles. The van der Waals surface area contributed by atoms with Crippen LogP contribution in [0, 0.1) is 12.7 Å². The largest absolute Gasteiger partial charge is 0.398 e. The Morgan fingerprint density at radius 1 is 1.19 bits per heavy atom. The summed E-state index contributed by atoms with van der Waals surface area (Å²) in [5.41, 5.74) is 10.5. The lowest BCUT2D eigenvalue weighted by Crippen LogP contribution is -2.00. The molecule has 2 N–H and O–H groups in total. The van der Waals surface area contributed by atoms with Gasteiger partial charge in [-0.15, -0.1) is 0 Å². The van der Waals surface area contributed by atoms with Gasteiger partial charge in [0, 0.05) is 17.3 Å². The molecule has 0 atom stereocenters. The normalized spacial score (nSPS) is 14.8. The number of anilines is 1. The van der Waals surface area contributed by atoms with E-state index in [4.69, 9.17) is 10.7 Å². The first-order valence-corrected chi connectivity index (χ1v) is 7.17. The van der Waals surface area contributed by atoms with E-state index < -0.39 is 0 Å². The molecule has 1 fully saturated rings. The molecular formula is C17H16FN3. The van der Waals surface area contributed by atoms with Crippen LogP contribution in [0.3, 0.4) is 0 Å². The van der Waals surface area contributed by atoms with Gasteiger partial charge in [0.2, 0.25) is 0 Å². The molecule has 4 heteroatoms. The molecule has 1 heterocycles. The topological polar surface area (TPSA) is 43.8 Å². The molecule has 3 aromatic rings. The van der Waals surface area contributed by atoms with Crippen molar-refractivity contribution in [2.75, 3.05) is 5.73 Å². The van der Waals surface area contributed by atoms with Gasteiger partial charge < -0.3 is 10.3 Å². The van der Waals surface area contributed by atoms with Crippen molar-refractivity contribution in [3.05, 3.63) is 47.8 Å². The van der Waals surface area contributed by atoms with E-state index in [1.54, 1.807) is 6.07 Å². The number of nitrogen functional groups attached to an aromatic ring is 1. The summed E-state index contributed by atoms with van der Waals surface area (Å²) in [7, 11) is 0. The zero-order chi connectivity index (χ0) is 14.6. The average Bonchev–Trinajstić information content (AvgIpc) is 3.22. The monoisotopic (exact) mass is 281 g/mol. The number of imidazole rings is 1. The summed E-state index contributed by atoms with van der Waals surface area (Å²) in [6.07, 6.45) is 2.28. The summed E-state index contributed by atoms with van der Waals surface area (Å²) >= 11 is 0. The Balaban J connectivity index is 2.03. The van der Waals surface area contributed by atoms with Gasteiger partial charge in [-0.1, -0.05) is 6.07 Å². The molecule has 3 nitrogen and oxygen atoms in total. The standard InChI is InChI=1S/C17H16FN3/c1-10-2-7-16-15(8-10)20-17(21(16)12-4-5-12)13-9-11(18)3-6-14(13)19/h2-3,6-9,12H,4-5,19H2,1H3. The number of hydrogen-bond donors (Lipinski definition) is 1. The van der Waals surface area contributed by atoms with Crippen LogP contribution in [0.15, 0.2) is 36.4 Å². The maximum atomic E-state index is 13.6. The summed E-state index contributed by atoms with van der Waals surface area (Å²) in [6.45, 7) is 2.05. The molecule has 0 unspecified atom stereocenters. The van der Waals surface area contributed by atoms with Crippen LogP contribution in [0.25, 0.3) is 22.4 Å². The summed E-state index contributed by atoms with van der Waals surface area (Å²) in [4.78, 5) is 4.72. The highest BCUT2D eigenvalue weighted by atomic mass is 19.1. The quantitative estimate of drug-likeness (QED) is 0.720. The van der Waals surface area contributed by atoms with Crippen molar-refractivity contribution in [3.8, 4) is 11.4 Å². The maximum Gasteiger partial charge on any atom is 0.143 e. The van der Waals surface area contributed by atoms with Gasteiger partial charge >= 0.3 is 0 Å². The van der Waals surface area contributed by atoms with E-state index >= 15 is 0 Å². The maximum absolute atomic E-state index is 13.6. The van der Waals surface area contributed by atoms with Crippen LogP contribution in [0.4, 0.5) is 10.1 Å². The predicted octanol–water partition coefficient (Wildman–Crippen LogP) is 4.07. The molecule has 0 aliphatic heterocycles. The van der Waals surface area contributed by atoms with Gasteiger partial charge in [-0.25, -0.2) is 9.37 Å². The Labute approximate surface area is 122 Å². The second-order valence-corrected chi connectivity index (χ2v) is 5.76. The number of rotatable bonds is 2. The van der Waals surface area contributed by atoms with Gasteiger partial charge in [0.25, 0.3) is 0 Å². The molecular weight excluding hydrogens is 265 g/mol. The highest BCUT2D eigenvalue weighted by molar-refractivity contribution is 5.84. The highest BCUT2D eigenvalue weighted by Gasteiger charge is 2.29. The number of nitrogens with two attached hydrogens (primary N) is 1. The number of halogens is 1. The van der Waals surface area contributed by atoms with E-state index in [-0.39, 0.29) is 5.82 Å². The van der Waals surface area contributed by atoms with Gasteiger partial charge in [-0.05, 0) is 55.7 Å². The molecule has 1 aliphatic rings. The van der Waals surface area contributed by atoms with Crippen molar-refractivity contribution < 1.29 is 4.39 Å². The Kier molecular flexibility index (Phi) is 2.55. The minimum Gasteiger partial charge on any atom is -0.398 e. The molecule has 0 bridgehead atoms. The zero-order valence-corrected chi connectivity index (χ0v) is 11.8. The highest BCUT2D eigenvalue weighted by Crippen LogP contribution is 2.42. The molecule has 106 valence electrons. The number of nitrogens with zero attached hydrogens (tertiary/aromatic N) is 2. The lowest BCUT2D eigenvalue weighted by Gasteiger charge is -2.10. The second kappa shape index (κ2) is 4.32. The van der Waals surface area contributed by atoms with Crippen molar-refractivity contribution >= 4 is 16.7 Å². The third-order valence-electron chi connectivity index (χ3n) is 4.01. The van der Waals surface area contributed by atoms with Crippen LogP contribution in [0.2, 0.25) is 0 Å². The van der Waals surface area contributed by atoms with Crippen LogP contribution in [0.5, 0.6) is 0 Å². The van der Waals surface area contributed by atoms with Gasteiger partial charge in [0.15, 0.2) is 0 Å². The van der Waals surface area contributed by atoms with Gasteiger partial charge in [0.05, 0.1) is 11.0 Å². The van der Waals surface area contributed by atoms with Crippen LogP contribution in [-0.4, -0.2) is 9.55 Å². The van der Waals surface area contributed by atoms with Crippen molar-refractivity contribution in [1.29, 1.82) is 0 Å². The minimum atomic E-state index is -0.287. The van der Waals surface area contributed by atoms with Crippen molar-refractivity contribution in [2.45, 2.75) is 25.8 Å². The molecule has 0 radical (unpaired) electrons. The van der Waals surface area contributed by atoms with Gasteiger partial charge in [-0.3, -0.25) is 0 Å². The van der Waals surface area contributed by atoms with Crippen LogP contribution < -0.4 is 5.73 Å². The Morgan fingerprint density at radius 2 is 2.00 bits per heavy atom. The van der Waals surface area contributed by atoms with Crippen LogP contribution in [0.1, 0.15) is 24.4 Å². The van der Waals surface area contributed by atoms with E-state index in [0.29, 0.717) is 17.3 Å². The molecule has 2 aromatic carbocycles. The SMILES string of the molecule is Cc1ccc2c(c1)nc(-c1cc(F)ccc1N)n2C1CC1. The third-order valence-corrected chi connectivity index (χ3v) is 4.01. The predicted molar refractivity (Wildman–Crippen MR) is 82.5 cm³/mol. The fourth-order valence-electron chi connectivity index (χ4n) is 2.82. The van der Waals surface area contributed by atoms with E-state index in [1.165, 1.54) is 17.7 Å². The molecule has 21 heavy (non-hydrogen) atoms. The van der Waals surface area contributed by atoms with Crippen molar-refractivity contribution in [1.82, 2.24) is 9.55 Å². The number of aryl methyl sites for hydroxylation is 1. The summed E-state index contributed by atoms with van der Waals surface area (Å²) in [5, 5.41) is 0. The Bertz CT molecular complexity index is 847. The second-order valence-electron chi connectivity index (χ2n) is 5.76. The summed E-state index contributed by atoms with van der Waals surface area (Å²) in [5.74, 6) is 0.486. The van der Waals surface area contributed by atoms with E-state index in [1.807, 2.05) is 6.92 Å². The van der Waals surface area contributed by atoms with Gasteiger partial charge in [0.1, 0.15) is 11.6 Å². The zero-order valence-electron chi connectivity index (χ0n) is 11.8. The average molecular weight is 281 g/mol. The van der Waals surface area contributed by atoms with E-state index in [2.05, 4.69) is 22.8 Å². The number of fused-ring (bicyclic) bond motifs is 1.